The van der Waals surface area contributed by atoms with Crippen LogP contribution in [0, 0.1) is 0 Å². The summed E-state index contributed by atoms with van der Waals surface area (Å²) >= 11 is 0. The highest BCUT2D eigenvalue weighted by atomic mass is 16.5. The summed E-state index contributed by atoms with van der Waals surface area (Å²) in [5, 5.41) is 0. The SMILES string of the molecule is CCOC(=O)CC(N=Cc1ccccc1)c1ccccc1. The molecule has 0 fully saturated rings. The molecule has 0 aromatic heterocycles. The normalized spacial score (nSPS) is 12.2. The minimum atomic E-state index is -0.225. The monoisotopic (exact) mass is 281 g/mol. The van der Waals surface area contributed by atoms with Crippen LogP contribution in [0.4, 0.5) is 0 Å². The minimum Gasteiger partial charge on any atom is -0.466 e. The number of carbonyl (C=O) groups is 1. The van der Waals surface area contributed by atoms with E-state index >= 15 is 0 Å². The molecule has 1 atom stereocenters. The molecule has 2 aromatic carbocycles. The number of esters is 1. The molecule has 0 aliphatic heterocycles. The third kappa shape index (κ3) is 4.88. The van der Waals surface area contributed by atoms with E-state index in [0.29, 0.717) is 6.61 Å². The zero-order chi connectivity index (χ0) is 14.9. The average molecular weight is 281 g/mol. The molecular weight excluding hydrogens is 262 g/mol. The fourth-order valence-electron chi connectivity index (χ4n) is 2.02. The number of nitrogens with zero attached hydrogens (tertiary/aromatic N) is 1. The van der Waals surface area contributed by atoms with Gasteiger partial charge in [0.25, 0.3) is 0 Å². The second-order valence-corrected chi connectivity index (χ2v) is 4.62. The Morgan fingerprint density at radius 2 is 1.71 bits per heavy atom. The summed E-state index contributed by atoms with van der Waals surface area (Å²) in [7, 11) is 0. The first-order valence-corrected chi connectivity index (χ1v) is 7.08. The van der Waals surface area contributed by atoms with Gasteiger partial charge in [-0.05, 0) is 18.1 Å². The Morgan fingerprint density at radius 3 is 2.33 bits per heavy atom. The van der Waals surface area contributed by atoms with E-state index in [2.05, 4.69) is 4.99 Å². The van der Waals surface area contributed by atoms with Gasteiger partial charge < -0.3 is 4.74 Å². The van der Waals surface area contributed by atoms with Crippen LogP contribution in [0.2, 0.25) is 0 Å². The van der Waals surface area contributed by atoms with Crippen molar-refractivity contribution in [3.63, 3.8) is 0 Å². The largest absolute Gasteiger partial charge is 0.466 e. The second-order valence-electron chi connectivity index (χ2n) is 4.62. The molecule has 0 aliphatic carbocycles. The third-order valence-corrected chi connectivity index (χ3v) is 3.05. The molecule has 0 aliphatic rings. The van der Waals surface area contributed by atoms with E-state index in [1.54, 1.807) is 6.21 Å². The van der Waals surface area contributed by atoms with Crippen LogP contribution in [-0.4, -0.2) is 18.8 Å². The van der Waals surface area contributed by atoms with Gasteiger partial charge in [0.1, 0.15) is 0 Å². The Balaban J connectivity index is 2.16. The molecule has 0 saturated carbocycles. The summed E-state index contributed by atoms with van der Waals surface area (Å²) in [5.74, 6) is -0.225. The first kappa shape index (κ1) is 15.0. The maximum absolute atomic E-state index is 11.7. The van der Waals surface area contributed by atoms with Crippen LogP contribution >= 0.6 is 0 Å². The van der Waals surface area contributed by atoms with Gasteiger partial charge in [0.05, 0.1) is 19.1 Å². The molecule has 0 N–H and O–H groups in total. The third-order valence-electron chi connectivity index (χ3n) is 3.05. The van der Waals surface area contributed by atoms with E-state index in [1.165, 1.54) is 0 Å². The van der Waals surface area contributed by atoms with Gasteiger partial charge in [-0.2, -0.15) is 0 Å². The molecule has 0 amide bonds. The van der Waals surface area contributed by atoms with Crippen molar-refractivity contribution in [3.8, 4) is 0 Å². The maximum Gasteiger partial charge on any atom is 0.308 e. The van der Waals surface area contributed by atoms with Crippen LogP contribution in [0.15, 0.2) is 65.7 Å². The quantitative estimate of drug-likeness (QED) is 0.596. The molecule has 3 heteroatoms. The predicted octanol–water partition coefficient (Wildman–Crippen LogP) is 3.80. The van der Waals surface area contributed by atoms with Gasteiger partial charge in [0.2, 0.25) is 0 Å². The number of hydrogen-bond donors (Lipinski definition) is 0. The van der Waals surface area contributed by atoms with Gasteiger partial charge >= 0.3 is 5.97 Å². The molecule has 21 heavy (non-hydrogen) atoms. The maximum atomic E-state index is 11.7. The Morgan fingerprint density at radius 1 is 1.10 bits per heavy atom. The minimum absolute atomic E-state index is 0.217. The smallest absolute Gasteiger partial charge is 0.308 e. The standard InChI is InChI=1S/C18H19NO2/c1-2-21-18(20)13-17(16-11-7-4-8-12-16)19-14-15-9-5-3-6-10-15/h3-12,14,17H,2,13H2,1H3. The Labute approximate surface area is 125 Å². The van der Waals surface area contributed by atoms with Gasteiger partial charge in [-0.25, -0.2) is 0 Å². The molecule has 2 rings (SSSR count). The average Bonchev–Trinajstić information content (AvgIpc) is 2.53. The first-order valence-electron chi connectivity index (χ1n) is 7.08. The molecule has 1 unspecified atom stereocenters. The molecular formula is C18H19NO2. The number of carbonyl (C=O) groups excluding carboxylic acids is 1. The lowest BCUT2D eigenvalue weighted by atomic mass is 10.0. The summed E-state index contributed by atoms with van der Waals surface area (Å²) in [6, 6.07) is 19.4. The highest BCUT2D eigenvalue weighted by molar-refractivity contribution is 5.80. The lowest BCUT2D eigenvalue weighted by molar-refractivity contribution is -0.143. The number of benzene rings is 2. The Hall–Kier alpha value is -2.42. The van der Waals surface area contributed by atoms with E-state index in [0.717, 1.165) is 11.1 Å². The molecule has 0 saturated heterocycles. The van der Waals surface area contributed by atoms with Crippen molar-refractivity contribution in [1.82, 2.24) is 0 Å². The van der Waals surface area contributed by atoms with Crippen LogP contribution in [-0.2, 0) is 9.53 Å². The van der Waals surface area contributed by atoms with E-state index in [9.17, 15) is 4.79 Å². The fraction of sp³-hybridized carbons (Fsp3) is 0.222. The predicted molar refractivity (Wildman–Crippen MR) is 84.5 cm³/mol. The van der Waals surface area contributed by atoms with Crippen LogP contribution < -0.4 is 0 Å². The van der Waals surface area contributed by atoms with Crippen LogP contribution in [0.1, 0.15) is 30.5 Å². The van der Waals surface area contributed by atoms with Crippen molar-refractivity contribution in [3.05, 3.63) is 71.8 Å². The Kier molecular flexibility index (Phi) is 5.71. The summed E-state index contributed by atoms with van der Waals surface area (Å²) < 4.78 is 5.03. The van der Waals surface area contributed by atoms with Crippen molar-refractivity contribution in [2.45, 2.75) is 19.4 Å². The van der Waals surface area contributed by atoms with E-state index < -0.39 is 0 Å². The zero-order valence-electron chi connectivity index (χ0n) is 12.1. The van der Waals surface area contributed by atoms with Gasteiger partial charge in [0, 0.05) is 6.21 Å². The van der Waals surface area contributed by atoms with Gasteiger partial charge in [0.15, 0.2) is 0 Å². The number of ether oxygens (including phenoxy) is 1. The van der Waals surface area contributed by atoms with Crippen LogP contribution in [0.3, 0.4) is 0 Å². The second kappa shape index (κ2) is 8.00. The van der Waals surface area contributed by atoms with E-state index in [1.807, 2.05) is 67.6 Å². The van der Waals surface area contributed by atoms with E-state index in [4.69, 9.17) is 4.74 Å². The lowest BCUT2D eigenvalue weighted by Crippen LogP contribution is -2.09. The van der Waals surface area contributed by atoms with Crippen molar-refractivity contribution in [1.29, 1.82) is 0 Å². The fourth-order valence-corrected chi connectivity index (χ4v) is 2.02. The zero-order valence-corrected chi connectivity index (χ0v) is 12.1. The summed E-state index contributed by atoms with van der Waals surface area (Å²) in [6.07, 6.45) is 2.05. The van der Waals surface area contributed by atoms with Crippen molar-refractivity contribution >= 4 is 12.2 Å². The van der Waals surface area contributed by atoms with Crippen molar-refractivity contribution in [2.75, 3.05) is 6.61 Å². The highest BCUT2D eigenvalue weighted by Gasteiger charge is 2.15. The summed E-state index contributed by atoms with van der Waals surface area (Å²) in [4.78, 5) is 16.3. The first-order chi connectivity index (χ1) is 10.3. The molecule has 3 nitrogen and oxygen atoms in total. The molecule has 0 heterocycles. The summed E-state index contributed by atoms with van der Waals surface area (Å²) in [5.41, 5.74) is 2.03. The van der Waals surface area contributed by atoms with E-state index in [-0.39, 0.29) is 18.4 Å². The van der Waals surface area contributed by atoms with Crippen molar-refractivity contribution < 1.29 is 9.53 Å². The molecule has 108 valence electrons. The van der Waals surface area contributed by atoms with Crippen LogP contribution in [0.5, 0.6) is 0 Å². The summed E-state index contributed by atoms with van der Waals surface area (Å²) in [6.45, 7) is 2.20. The molecule has 0 spiro atoms. The number of rotatable bonds is 6. The topological polar surface area (TPSA) is 38.7 Å². The number of aliphatic imine (C=N–C) groups is 1. The lowest BCUT2D eigenvalue weighted by Gasteiger charge is -2.12. The van der Waals surface area contributed by atoms with Gasteiger partial charge in [-0.1, -0.05) is 60.7 Å². The highest BCUT2D eigenvalue weighted by Crippen LogP contribution is 2.21. The van der Waals surface area contributed by atoms with Crippen LogP contribution in [0.25, 0.3) is 0 Å². The number of hydrogen-bond acceptors (Lipinski definition) is 3. The molecule has 0 bridgehead atoms. The molecule has 2 aromatic rings. The van der Waals surface area contributed by atoms with Gasteiger partial charge in [-0.3, -0.25) is 9.79 Å². The Bertz CT molecular complexity index is 579. The van der Waals surface area contributed by atoms with Gasteiger partial charge in [-0.15, -0.1) is 0 Å². The molecule has 0 radical (unpaired) electrons. The van der Waals surface area contributed by atoms with Crippen molar-refractivity contribution in [2.24, 2.45) is 4.99 Å².